The van der Waals surface area contributed by atoms with Crippen LogP contribution in [0.15, 0.2) is 85.1 Å². The van der Waals surface area contributed by atoms with E-state index >= 15 is 0 Å². The van der Waals surface area contributed by atoms with Crippen LogP contribution in [0.5, 0.6) is 11.5 Å². The molecule has 0 amide bonds. The largest absolute Gasteiger partial charge is 0.507 e. The van der Waals surface area contributed by atoms with Gasteiger partial charge in [-0.2, -0.15) is 0 Å². The van der Waals surface area contributed by atoms with Crippen molar-refractivity contribution in [1.82, 2.24) is 9.97 Å². The van der Waals surface area contributed by atoms with Crippen LogP contribution in [-0.4, -0.2) is 20.2 Å². The smallest absolute Gasteiger partial charge is 0.128 e. The zero-order chi connectivity index (χ0) is 17.9. The van der Waals surface area contributed by atoms with Crippen molar-refractivity contribution < 1.29 is 10.2 Å². The molecule has 0 radical (unpaired) electrons. The van der Waals surface area contributed by atoms with Crippen LogP contribution in [0.4, 0.5) is 0 Å². The summed E-state index contributed by atoms with van der Waals surface area (Å²) >= 11 is 0. The first kappa shape index (κ1) is 15.8. The minimum absolute atomic E-state index is 0.0188. The highest BCUT2D eigenvalue weighted by Gasteiger charge is 2.15. The number of aromatic nitrogens is 2. The summed E-state index contributed by atoms with van der Waals surface area (Å²) in [6.45, 7) is 0. The quantitative estimate of drug-likeness (QED) is 0.557. The topological polar surface area (TPSA) is 66.2 Å². The zero-order valence-corrected chi connectivity index (χ0v) is 13.9. The molecule has 2 aromatic heterocycles. The Labute approximate surface area is 151 Å². The van der Waals surface area contributed by atoms with Gasteiger partial charge in [-0.1, -0.05) is 42.5 Å². The van der Waals surface area contributed by atoms with Crippen molar-refractivity contribution in [2.75, 3.05) is 0 Å². The molecule has 4 rings (SSSR count). The monoisotopic (exact) mass is 340 g/mol. The Morgan fingerprint density at radius 2 is 1.27 bits per heavy atom. The normalized spacial score (nSPS) is 10.6. The molecular weight excluding hydrogens is 324 g/mol. The average Bonchev–Trinajstić information content (AvgIpc) is 2.69. The van der Waals surface area contributed by atoms with E-state index in [1.54, 1.807) is 12.3 Å². The molecule has 4 heteroatoms. The molecule has 0 aliphatic heterocycles. The Morgan fingerprint density at radius 1 is 0.577 bits per heavy atom. The average molecular weight is 340 g/mol. The van der Waals surface area contributed by atoms with E-state index in [-0.39, 0.29) is 11.5 Å². The first-order valence-electron chi connectivity index (χ1n) is 8.22. The van der Waals surface area contributed by atoms with Gasteiger partial charge in [0.1, 0.15) is 11.5 Å². The second-order valence-electron chi connectivity index (χ2n) is 5.88. The van der Waals surface area contributed by atoms with E-state index in [1.807, 2.05) is 60.7 Å². The summed E-state index contributed by atoms with van der Waals surface area (Å²) in [5.74, 6) is -0.0376. The van der Waals surface area contributed by atoms with Crippen molar-refractivity contribution in [3.63, 3.8) is 0 Å². The number of pyridine rings is 2. The van der Waals surface area contributed by atoms with Gasteiger partial charge in [0.05, 0.1) is 22.6 Å². The van der Waals surface area contributed by atoms with Crippen LogP contribution in [0, 0.1) is 0 Å². The Bertz CT molecular complexity index is 970. The lowest BCUT2D eigenvalue weighted by atomic mass is 10.0. The maximum absolute atomic E-state index is 10.3. The summed E-state index contributed by atoms with van der Waals surface area (Å²) in [5.41, 5.74) is 4.14. The molecule has 0 fully saturated rings. The van der Waals surface area contributed by atoms with Crippen molar-refractivity contribution in [2.45, 2.75) is 0 Å². The van der Waals surface area contributed by atoms with Gasteiger partial charge in [-0.25, -0.2) is 4.98 Å². The second kappa shape index (κ2) is 6.69. The third-order valence-corrected chi connectivity index (χ3v) is 4.14. The van der Waals surface area contributed by atoms with Crippen LogP contribution in [0.25, 0.3) is 33.8 Å². The number of benzene rings is 2. The van der Waals surface area contributed by atoms with Gasteiger partial charge in [0, 0.05) is 6.20 Å². The third kappa shape index (κ3) is 3.00. The molecule has 0 atom stereocenters. The summed E-state index contributed by atoms with van der Waals surface area (Å²) in [7, 11) is 0. The molecule has 0 bridgehead atoms. The van der Waals surface area contributed by atoms with Crippen LogP contribution >= 0.6 is 0 Å². The van der Waals surface area contributed by atoms with E-state index in [1.165, 1.54) is 12.1 Å². The molecule has 2 heterocycles. The number of phenols is 2. The van der Waals surface area contributed by atoms with Crippen LogP contribution in [0.2, 0.25) is 0 Å². The molecule has 0 aliphatic rings. The van der Waals surface area contributed by atoms with Gasteiger partial charge in [0.2, 0.25) is 0 Å². The highest BCUT2D eigenvalue weighted by molar-refractivity contribution is 5.80. The molecule has 0 spiro atoms. The van der Waals surface area contributed by atoms with Crippen molar-refractivity contribution in [2.24, 2.45) is 0 Å². The lowest BCUT2D eigenvalue weighted by Crippen LogP contribution is -1.93. The molecule has 0 saturated carbocycles. The standard InChI is InChI=1S/C22H16N2O2/c25-20-10-6-11-21(26)22(20)19-14-16(15-7-2-1-3-8-15)13-18(24-19)17-9-4-5-12-23-17/h1-14,25-26H. The minimum atomic E-state index is -0.0188. The van der Waals surface area contributed by atoms with Gasteiger partial charge in [0.15, 0.2) is 0 Å². The molecule has 0 saturated heterocycles. The molecule has 26 heavy (non-hydrogen) atoms. The first-order chi connectivity index (χ1) is 12.7. The van der Waals surface area contributed by atoms with E-state index < -0.39 is 0 Å². The summed E-state index contributed by atoms with van der Waals surface area (Å²) in [6.07, 6.45) is 1.71. The third-order valence-electron chi connectivity index (χ3n) is 4.14. The fraction of sp³-hybridized carbons (Fsp3) is 0. The van der Waals surface area contributed by atoms with Gasteiger partial charge in [-0.15, -0.1) is 0 Å². The van der Waals surface area contributed by atoms with Crippen LogP contribution in [0.3, 0.4) is 0 Å². The molecule has 126 valence electrons. The Morgan fingerprint density at radius 3 is 1.96 bits per heavy atom. The highest BCUT2D eigenvalue weighted by atomic mass is 16.3. The Balaban J connectivity index is 1.97. The lowest BCUT2D eigenvalue weighted by molar-refractivity contribution is 0.454. The summed E-state index contributed by atoms with van der Waals surface area (Å²) in [4.78, 5) is 9.01. The van der Waals surface area contributed by atoms with Crippen molar-refractivity contribution in [3.8, 4) is 45.3 Å². The second-order valence-corrected chi connectivity index (χ2v) is 5.88. The van der Waals surface area contributed by atoms with Crippen LogP contribution < -0.4 is 0 Å². The van der Waals surface area contributed by atoms with Gasteiger partial charge in [0.25, 0.3) is 0 Å². The number of rotatable bonds is 3. The predicted molar refractivity (Wildman–Crippen MR) is 102 cm³/mol. The van der Waals surface area contributed by atoms with E-state index in [0.29, 0.717) is 17.0 Å². The molecule has 2 N–H and O–H groups in total. The zero-order valence-electron chi connectivity index (χ0n) is 13.9. The van der Waals surface area contributed by atoms with E-state index in [2.05, 4.69) is 9.97 Å². The molecule has 0 aliphatic carbocycles. The molecule has 0 unspecified atom stereocenters. The van der Waals surface area contributed by atoms with Gasteiger partial charge < -0.3 is 10.2 Å². The maximum Gasteiger partial charge on any atom is 0.128 e. The number of hydrogen-bond acceptors (Lipinski definition) is 4. The summed E-state index contributed by atoms with van der Waals surface area (Å²) < 4.78 is 0. The number of nitrogens with zero attached hydrogens (tertiary/aromatic N) is 2. The first-order valence-corrected chi connectivity index (χ1v) is 8.22. The Kier molecular flexibility index (Phi) is 4.07. The van der Waals surface area contributed by atoms with E-state index in [9.17, 15) is 10.2 Å². The fourth-order valence-electron chi connectivity index (χ4n) is 2.89. The minimum Gasteiger partial charge on any atom is -0.507 e. The van der Waals surface area contributed by atoms with Crippen LogP contribution in [-0.2, 0) is 0 Å². The molecule has 4 aromatic rings. The van der Waals surface area contributed by atoms with E-state index in [0.717, 1.165) is 16.8 Å². The van der Waals surface area contributed by atoms with Gasteiger partial charge in [-0.3, -0.25) is 4.98 Å². The SMILES string of the molecule is Oc1cccc(O)c1-c1cc(-c2ccccc2)cc(-c2ccccn2)n1. The maximum atomic E-state index is 10.3. The fourth-order valence-corrected chi connectivity index (χ4v) is 2.89. The summed E-state index contributed by atoms with van der Waals surface area (Å²) in [5, 5.41) is 20.5. The predicted octanol–water partition coefficient (Wildman–Crippen LogP) is 4.89. The van der Waals surface area contributed by atoms with Crippen molar-refractivity contribution in [3.05, 3.63) is 85.1 Å². The molecular formula is C22H16N2O2. The molecule has 2 aromatic carbocycles. The summed E-state index contributed by atoms with van der Waals surface area (Å²) in [6, 6.07) is 24.0. The lowest BCUT2D eigenvalue weighted by Gasteiger charge is -2.11. The number of hydrogen-bond donors (Lipinski definition) is 2. The highest BCUT2D eigenvalue weighted by Crippen LogP contribution is 2.38. The van der Waals surface area contributed by atoms with Gasteiger partial charge >= 0.3 is 0 Å². The molecule has 4 nitrogen and oxygen atoms in total. The van der Waals surface area contributed by atoms with Crippen LogP contribution in [0.1, 0.15) is 0 Å². The van der Waals surface area contributed by atoms with E-state index in [4.69, 9.17) is 0 Å². The number of aromatic hydroxyl groups is 2. The van der Waals surface area contributed by atoms with Crippen molar-refractivity contribution in [1.29, 1.82) is 0 Å². The van der Waals surface area contributed by atoms with Crippen molar-refractivity contribution >= 4 is 0 Å². The Hall–Kier alpha value is -3.66. The van der Waals surface area contributed by atoms with Gasteiger partial charge in [-0.05, 0) is 47.5 Å². The number of phenolic OH excluding ortho intramolecular Hbond substituents is 2.